The first-order valence-corrected chi connectivity index (χ1v) is 3.78. The van der Waals surface area contributed by atoms with Gasteiger partial charge in [-0.2, -0.15) is 0 Å². The minimum Gasteiger partial charge on any atom is -0.465 e. The first-order chi connectivity index (χ1) is 4.62. The Bertz CT molecular complexity index is 184. The molecule has 0 amide bonds. The second-order valence-electron chi connectivity index (χ2n) is 3.92. The molecule has 1 saturated heterocycles. The zero-order valence-electron chi connectivity index (χ0n) is 6.39. The molecule has 2 atom stereocenters. The zero-order chi connectivity index (χ0) is 7.35. The van der Waals surface area contributed by atoms with Gasteiger partial charge in [0, 0.05) is 12.3 Å². The van der Waals surface area contributed by atoms with Crippen LogP contribution in [0.5, 0.6) is 0 Å². The highest BCUT2D eigenvalue weighted by atomic mass is 16.5. The zero-order valence-corrected chi connectivity index (χ0v) is 6.39. The Morgan fingerprint density at radius 3 is 2.70 bits per heavy atom. The van der Waals surface area contributed by atoms with E-state index in [1.165, 1.54) is 0 Å². The van der Waals surface area contributed by atoms with E-state index in [0.717, 1.165) is 0 Å². The van der Waals surface area contributed by atoms with Gasteiger partial charge in [0.1, 0.15) is 0 Å². The Kier molecular flexibility index (Phi) is 0.960. The van der Waals surface area contributed by atoms with Crippen LogP contribution in [-0.2, 0) is 9.53 Å². The monoisotopic (exact) mass is 140 g/mol. The Morgan fingerprint density at radius 1 is 1.50 bits per heavy atom. The van der Waals surface area contributed by atoms with Crippen LogP contribution >= 0.6 is 0 Å². The molecule has 0 spiro atoms. The molecule has 0 aromatic rings. The van der Waals surface area contributed by atoms with E-state index in [4.69, 9.17) is 4.74 Å². The SMILES string of the molecule is CC1(C)C2COC(=O)CC21. The minimum absolute atomic E-state index is 0.00757. The van der Waals surface area contributed by atoms with E-state index in [2.05, 4.69) is 13.8 Å². The summed E-state index contributed by atoms with van der Waals surface area (Å²) in [4.78, 5) is 10.8. The molecular weight excluding hydrogens is 128 g/mol. The summed E-state index contributed by atoms with van der Waals surface area (Å²) in [7, 11) is 0. The maximum absolute atomic E-state index is 10.8. The smallest absolute Gasteiger partial charge is 0.306 e. The van der Waals surface area contributed by atoms with Gasteiger partial charge in [0.05, 0.1) is 6.61 Å². The summed E-state index contributed by atoms with van der Waals surface area (Å²) in [5.41, 5.74) is 0.381. The van der Waals surface area contributed by atoms with Crippen LogP contribution in [0.15, 0.2) is 0 Å². The normalized spacial score (nSPS) is 42.0. The van der Waals surface area contributed by atoms with Crippen LogP contribution in [0.2, 0.25) is 0 Å². The van der Waals surface area contributed by atoms with E-state index in [-0.39, 0.29) is 5.97 Å². The Balaban J connectivity index is 2.10. The molecule has 1 aliphatic heterocycles. The molecule has 0 radical (unpaired) electrons. The lowest BCUT2D eigenvalue weighted by molar-refractivity contribution is -0.147. The van der Waals surface area contributed by atoms with E-state index in [1.807, 2.05) is 0 Å². The predicted octanol–water partition coefficient (Wildman–Crippen LogP) is 1.21. The van der Waals surface area contributed by atoms with Gasteiger partial charge in [-0.15, -0.1) is 0 Å². The van der Waals surface area contributed by atoms with Gasteiger partial charge in [0.15, 0.2) is 0 Å². The standard InChI is InChI=1S/C8H12O2/c1-8(2)5-3-7(9)10-4-6(5)8/h5-6H,3-4H2,1-2H3. The summed E-state index contributed by atoms with van der Waals surface area (Å²) in [5, 5.41) is 0. The minimum atomic E-state index is -0.00757. The van der Waals surface area contributed by atoms with Crippen molar-refractivity contribution in [2.45, 2.75) is 20.3 Å². The summed E-state index contributed by atoms with van der Waals surface area (Å²) >= 11 is 0. The molecule has 0 aromatic heterocycles. The quantitative estimate of drug-likeness (QED) is 0.473. The lowest BCUT2D eigenvalue weighted by Gasteiger charge is -2.07. The van der Waals surface area contributed by atoms with Gasteiger partial charge in [0.25, 0.3) is 0 Å². The average molecular weight is 140 g/mol. The summed E-state index contributed by atoms with van der Waals surface area (Å²) in [6.07, 6.45) is 0.650. The fourth-order valence-electron chi connectivity index (χ4n) is 2.01. The van der Waals surface area contributed by atoms with Crippen molar-refractivity contribution in [2.75, 3.05) is 6.61 Å². The molecular formula is C8H12O2. The third-order valence-corrected chi connectivity index (χ3v) is 3.10. The lowest BCUT2D eigenvalue weighted by Crippen LogP contribution is -2.14. The van der Waals surface area contributed by atoms with Crippen molar-refractivity contribution < 1.29 is 9.53 Å². The number of carbonyl (C=O) groups is 1. The molecule has 1 saturated carbocycles. The second kappa shape index (κ2) is 1.55. The maximum atomic E-state index is 10.8. The van der Waals surface area contributed by atoms with Crippen LogP contribution in [-0.4, -0.2) is 12.6 Å². The molecule has 2 nitrogen and oxygen atoms in total. The Labute approximate surface area is 60.6 Å². The molecule has 2 rings (SSSR count). The van der Waals surface area contributed by atoms with Gasteiger partial charge in [0.2, 0.25) is 0 Å². The number of esters is 1. The summed E-state index contributed by atoms with van der Waals surface area (Å²) in [6.45, 7) is 5.09. The van der Waals surface area contributed by atoms with E-state index in [0.29, 0.717) is 30.3 Å². The molecule has 0 N–H and O–H groups in total. The van der Waals surface area contributed by atoms with E-state index in [1.54, 1.807) is 0 Å². The number of hydrogen-bond acceptors (Lipinski definition) is 2. The number of hydrogen-bond donors (Lipinski definition) is 0. The van der Waals surface area contributed by atoms with Crippen LogP contribution < -0.4 is 0 Å². The summed E-state index contributed by atoms with van der Waals surface area (Å²) in [6, 6.07) is 0. The molecule has 1 heterocycles. The van der Waals surface area contributed by atoms with Crippen molar-refractivity contribution in [2.24, 2.45) is 17.3 Å². The highest BCUT2D eigenvalue weighted by molar-refractivity contribution is 5.71. The third-order valence-electron chi connectivity index (χ3n) is 3.10. The average Bonchev–Trinajstić information content (AvgIpc) is 2.36. The molecule has 2 unspecified atom stereocenters. The van der Waals surface area contributed by atoms with Gasteiger partial charge in [-0.1, -0.05) is 13.8 Å². The highest BCUT2D eigenvalue weighted by Crippen LogP contribution is 2.61. The maximum Gasteiger partial charge on any atom is 0.306 e. The van der Waals surface area contributed by atoms with Crippen molar-refractivity contribution in [3.63, 3.8) is 0 Å². The summed E-state index contributed by atoms with van der Waals surface area (Å²) < 4.78 is 4.93. The van der Waals surface area contributed by atoms with Crippen molar-refractivity contribution in [3.05, 3.63) is 0 Å². The van der Waals surface area contributed by atoms with Gasteiger partial charge >= 0.3 is 5.97 Å². The van der Waals surface area contributed by atoms with E-state index >= 15 is 0 Å². The molecule has 0 aromatic carbocycles. The molecule has 2 heteroatoms. The second-order valence-corrected chi connectivity index (χ2v) is 3.92. The first kappa shape index (κ1) is 6.20. The van der Waals surface area contributed by atoms with E-state index < -0.39 is 0 Å². The number of carbonyl (C=O) groups excluding carboxylic acids is 1. The molecule has 0 bridgehead atoms. The largest absolute Gasteiger partial charge is 0.465 e. The van der Waals surface area contributed by atoms with Crippen LogP contribution in [0, 0.1) is 17.3 Å². The van der Waals surface area contributed by atoms with Crippen molar-refractivity contribution >= 4 is 5.97 Å². The van der Waals surface area contributed by atoms with E-state index in [9.17, 15) is 4.79 Å². The van der Waals surface area contributed by atoms with Crippen LogP contribution in [0.4, 0.5) is 0 Å². The molecule has 10 heavy (non-hydrogen) atoms. The number of fused-ring (bicyclic) bond motifs is 1. The molecule has 2 fully saturated rings. The Morgan fingerprint density at radius 2 is 2.20 bits per heavy atom. The fraction of sp³-hybridized carbons (Fsp3) is 0.875. The highest BCUT2D eigenvalue weighted by Gasteiger charge is 2.60. The Hall–Kier alpha value is -0.530. The van der Waals surface area contributed by atoms with Gasteiger partial charge in [-0.3, -0.25) is 4.79 Å². The summed E-state index contributed by atoms with van der Waals surface area (Å²) in [5.74, 6) is 1.27. The third kappa shape index (κ3) is 0.619. The van der Waals surface area contributed by atoms with Crippen LogP contribution in [0.25, 0.3) is 0 Å². The van der Waals surface area contributed by atoms with Crippen LogP contribution in [0.3, 0.4) is 0 Å². The van der Waals surface area contributed by atoms with Gasteiger partial charge in [-0.25, -0.2) is 0 Å². The first-order valence-electron chi connectivity index (χ1n) is 3.78. The van der Waals surface area contributed by atoms with Crippen molar-refractivity contribution in [1.29, 1.82) is 0 Å². The lowest BCUT2D eigenvalue weighted by atomic mass is 10.1. The van der Waals surface area contributed by atoms with Crippen molar-refractivity contribution in [3.8, 4) is 0 Å². The van der Waals surface area contributed by atoms with Crippen LogP contribution in [0.1, 0.15) is 20.3 Å². The van der Waals surface area contributed by atoms with Crippen molar-refractivity contribution in [1.82, 2.24) is 0 Å². The molecule has 1 aliphatic carbocycles. The number of ether oxygens (including phenoxy) is 1. The number of rotatable bonds is 0. The van der Waals surface area contributed by atoms with Gasteiger partial charge < -0.3 is 4.74 Å². The molecule has 56 valence electrons. The predicted molar refractivity (Wildman–Crippen MR) is 36.3 cm³/mol. The topological polar surface area (TPSA) is 26.3 Å². The number of cyclic esters (lactones) is 1. The molecule has 2 aliphatic rings. The van der Waals surface area contributed by atoms with Gasteiger partial charge in [-0.05, 0) is 11.3 Å². The fourth-order valence-corrected chi connectivity index (χ4v) is 2.01.